The van der Waals surface area contributed by atoms with Crippen LogP contribution in [0.15, 0.2) is 16.5 Å². The number of methoxy groups -OCH3 is 1. The number of aromatic nitrogens is 5. The molecule has 2 heterocycles. The van der Waals surface area contributed by atoms with Crippen molar-refractivity contribution in [1.29, 1.82) is 0 Å². The maximum absolute atomic E-state index is 5.36. The smallest absolute Gasteiger partial charge is 0.197 e. The Labute approximate surface area is 108 Å². The van der Waals surface area contributed by atoms with E-state index in [4.69, 9.17) is 10.6 Å². The quantitative estimate of drug-likeness (QED) is 0.465. The maximum atomic E-state index is 5.36. The normalized spacial score (nSPS) is 10.4. The van der Waals surface area contributed by atoms with E-state index in [-0.39, 0.29) is 0 Å². The average Bonchev–Trinajstić information content (AvgIpc) is 2.70. The Morgan fingerprint density at radius 1 is 1.39 bits per heavy atom. The highest BCUT2D eigenvalue weighted by atomic mass is 32.2. The van der Waals surface area contributed by atoms with E-state index in [0.29, 0.717) is 21.7 Å². The zero-order valence-electron chi connectivity index (χ0n) is 10.2. The first kappa shape index (κ1) is 12.6. The van der Waals surface area contributed by atoms with Crippen LogP contribution >= 0.6 is 11.8 Å². The predicted molar refractivity (Wildman–Crippen MR) is 66.3 cm³/mol. The summed E-state index contributed by atoms with van der Waals surface area (Å²) in [6.07, 6.45) is 1.41. The van der Waals surface area contributed by atoms with Crippen LogP contribution in [0.5, 0.6) is 5.75 Å². The fourth-order valence-corrected chi connectivity index (χ4v) is 2.18. The van der Waals surface area contributed by atoms with E-state index in [2.05, 4.69) is 25.6 Å². The van der Waals surface area contributed by atoms with Gasteiger partial charge in [0.1, 0.15) is 12.2 Å². The van der Waals surface area contributed by atoms with Gasteiger partial charge < -0.3 is 14.7 Å². The molecule has 0 fully saturated rings. The molecule has 0 aromatic carbocycles. The van der Waals surface area contributed by atoms with Crippen molar-refractivity contribution >= 4 is 17.6 Å². The molecule has 0 aliphatic rings. The molecule has 2 rings (SSSR count). The van der Waals surface area contributed by atoms with Crippen molar-refractivity contribution in [3.8, 4) is 5.75 Å². The Kier molecular flexibility index (Phi) is 3.63. The van der Waals surface area contributed by atoms with Gasteiger partial charge in [0, 0.05) is 7.05 Å². The number of nitrogens with zero attached hydrogens (tertiary/aromatic N) is 5. The third kappa shape index (κ3) is 2.22. The molecular formula is C9H13N7OS. The SMILES string of the molecule is COc1c(NN)ncnc1Sc1nnc(C)n1C. The molecule has 96 valence electrons. The Morgan fingerprint density at radius 3 is 2.72 bits per heavy atom. The van der Waals surface area contributed by atoms with E-state index in [1.165, 1.54) is 25.2 Å². The van der Waals surface area contributed by atoms with E-state index in [1.54, 1.807) is 0 Å². The molecule has 0 saturated carbocycles. The molecule has 8 nitrogen and oxygen atoms in total. The average molecular weight is 267 g/mol. The lowest BCUT2D eigenvalue weighted by Gasteiger charge is -2.09. The van der Waals surface area contributed by atoms with Crippen molar-refractivity contribution in [2.75, 3.05) is 12.5 Å². The van der Waals surface area contributed by atoms with Gasteiger partial charge in [0.15, 0.2) is 21.7 Å². The van der Waals surface area contributed by atoms with E-state index in [9.17, 15) is 0 Å². The Balaban J connectivity index is 2.37. The first-order chi connectivity index (χ1) is 8.67. The minimum absolute atomic E-state index is 0.425. The summed E-state index contributed by atoms with van der Waals surface area (Å²) in [5.41, 5.74) is 2.46. The van der Waals surface area contributed by atoms with Crippen molar-refractivity contribution in [2.24, 2.45) is 12.9 Å². The number of anilines is 1. The Hall–Kier alpha value is -1.87. The lowest BCUT2D eigenvalue weighted by Crippen LogP contribution is -2.11. The number of rotatable bonds is 4. The summed E-state index contributed by atoms with van der Waals surface area (Å²) in [5.74, 6) is 7.08. The summed E-state index contributed by atoms with van der Waals surface area (Å²) in [5, 5.41) is 9.36. The van der Waals surface area contributed by atoms with Crippen molar-refractivity contribution in [1.82, 2.24) is 24.7 Å². The van der Waals surface area contributed by atoms with Crippen LogP contribution in [0.3, 0.4) is 0 Å². The van der Waals surface area contributed by atoms with E-state index in [0.717, 1.165) is 5.82 Å². The van der Waals surface area contributed by atoms with E-state index < -0.39 is 0 Å². The third-order valence-electron chi connectivity index (χ3n) is 2.35. The van der Waals surface area contributed by atoms with Crippen LogP contribution in [0.1, 0.15) is 5.82 Å². The standard InChI is InChI=1S/C9H13N7OS/c1-5-14-15-9(16(5)2)18-8-6(17-3)7(13-10)11-4-12-8/h4H,10H2,1-3H3,(H,11,12,13). The van der Waals surface area contributed by atoms with Gasteiger partial charge in [-0.05, 0) is 18.7 Å². The molecule has 0 aliphatic carbocycles. The first-order valence-electron chi connectivity index (χ1n) is 5.06. The van der Waals surface area contributed by atoms with Gasteiger partial charge in [-0.25, -0.2) is 15.8 Å². The summed E-state index contributed by atoms with van der Waals surface area (Å²) in [6.45, 7) is 1.88. The highest BCUT2D eigenvalue weighted by Gasteiger charge is 2.15. The molecule has 0 aliphatic heterocycles. The summed E-state index contributed by atoms with van der Waals surface area (Å²) in [6, 6.07) is 0. The van der Waals surface area contributed by atoms with Crippen LogP contribution in [0.2, 0.25) is 0 Å². The van der Waals surface area contributed by atoms with Crippen molar-refractivity contribution < 1.29 is 4.74 Å². The molecular weight excluding hydrogens is 254 g/mol. The number of hydrogen-bond donors (Lipinski definition) is 2. The number of aryl methyl sites for hydroxylation is 1. The number of hydrazine groups is 1. The molecule has 0 spiro atoms. The molecule has 0 atom stereocenters. The second-order valence-corrected chi connectivity index (χ2v) is 4.35. The van der Waals surface area contributed by atoms with Crippen LogP contribution in [-0.2, 0) is 7.05 Å². The number of hydrogen-bond acceptors (Lipinski definition) is 8. The lowest BCUT2D eigenvalue weighted by atomic mass is 10.5. The molecule has 2 aromatic heterocycles. The van der Waals surface area contributed by atoms with E-state index in [1.807, 2.05) is 18.5 Å². The largest absolute Gasteiger partial charge is 0.490 e. The second kappa shape index (κ2) is 5.19. The van der Waals surface area contributed by atoms with Crippen LogP contribution in [0.4, 0.5) is 5.82 Å². The highest BCUT2D eigenvalue weighted by Crippen LogP contribution is 2.35. The minimum Gasteiger partial charge on any atom is -0.490 e. The van der Waals surface area contributed by atoms with Crippen molar-refractivity contribution in [3.63, 3.8) is 0 Å². The van der Waals surface area contributed by atoms with Gasteiger partial charge in [-0.2, -0.15) is 0 Å². The van der Waals surface area contributed by atoms with Crippen LogP contribution < -0.4 is 16.0 Å². The van der Waals surface area contributed by atoms with Gasteiger partial charge >= 0.3 is 0 Å². The predicted octanol–water partition coefficient (Wildman–Crippen LogP) is 0.359. The summed E-state index contributed by atoms with van der Waals surface area (Å²) < 4.78 is 7.10. The zero-order valence-corrected chi connectivity index (χ0v) is 11.0. The van der Waals surface area contributed by atoms with Gasteiger partial charge in [-0.3, -0.25) is 0 Å². The van der Waals surface area contributed by atoms with Gasteiger partial charge in [-0.15, -0.1) is 10.2 Å². The fraction of sp³-hybridized carbons (Fsp3) is 0.333. The van der Waals surface area contributed by atoms with Crippen LogP contribution in [-0.4, -0.2) is 31.8 Å². The molecule has 0 unspecified atom stereocenters. The molecule has 0 radical (unpaired) electrons. The molecule has 2 aromatic rings. The molecule has 0 saturated heterocycles. The summed E-state index contributed by atoms with van der Waals surface area (Å²) in [7, 11) is 3.42. The zero-order chi connectivity index (χ0) is 13.1. The van der Waals surface area contributed by atoms with Crippen LogP contribution in [0, 0.1) is 6.92 Å². The van der Waals surface area contributed by atoms with E-state index >= 15 is 0 Å². The number of nitrogens with two attached hydrogens (primary N) is 1. The molecule has 0 bridgehead atoms. The Bertz CT molecular complexity index is 556. The summed E-state index contributed by atoms with van der Waals surface area (Å²) in [4.78, 5) is 8.12. The molecule has 9 heteroatoms. The van der Waals surface area contributed by atoms with Gasteiger partial charge in [0.05, 0.1) is 7.11 Å². The summed E-state index contributed by atoms with van der Waals surface area (Å²) >= 11 is 1.33. The Morgan fingerprint density at radius 2 is 2.17 bits per heavy atom. The van der Waals surface area contributed by atoms with Crippen LogP contribution in [0.25, 0.3) is 0 Å². The van der Waals surface area contributed by atoms with Crippen molar-refractivity contribution in [2.45, 2.75) is 17.1 Å². The topological polar surface area (TPSA) is 104 Å². The minimum atomic E-state index is 0.425. The third-order valence-corrected chi connectivity index (χ3v) is 3.37. The monoisotopic (exact) mass is 267 g/mol. The number of nitrogens with one attached hydrogen (secondary N) is 1. The molecule has 18 heavy (non-hydrogen) atoms. The molecule has 3 N–H and O–H groups in total. The first-order valence-corrected chi connectivity index (χ1v) is 5.88. The lowest BCUT2D eigenvalue weighted by molar-refractivity contribution is 0.400. The van der Waals surface area contributed by atoms with Crippen molar-refractivity contribution in [3.05, 3.63) is 12.2 Å². The number of nitrogen functional groups attached to an aromatic ring is 1. The van der Waals surface area contributed by atoms with Gasteiger partial charge in [0.2, 0.25) is 0 Å². The molecule has 0 amide bonds. The highest BCUT2D eigenvalue weighted by molar-refractivity contribution is 7.99. The fourth-order valence-electron chi connectivity index (χ4n) is 1.28. The van der Waals surface area contributed by atoms with Gasteiger partial charge in [-0.1, -0.05) is 0 Å². The maximum Gasteiger partial charge on any atom is 0.197 e. The number of ether oxygens (including phenoxy) is 1. The van der Waals surface area contributed by atoms with Gasteiger partial charge in [0.25, 0.3) is 0 Å². The second-order valence-electron chi connectivity index (χ2n) is 3.40.